The number of methoxy groups -OCH3 is 1. The molecular weight excluding hydrogens is 335 g/mol. The Bertz CT molecular complexity index is 917. The van der Waals surface area contributed by atoms with E-state index in [9.17, 15) is 4.39 Å². The number of anilines is 2. The lowest BCUT2D eigenvalue weighted by molar-refractivity contribution is 0.292. The number of fused-ring (bicyclic) bond motifs is 1. The minimum Gasteiger partial charge on any atom is -0.493 e. The predicted molar refractivity (Wildman–Crippen MR) is 99.7 cm³/mol. The molecule has 0 aliphatic heterocycles. The second-order valence-corrected chi connectivity index (χ2v) is 5.82. The van der Waals surface area contributed by atoms with E-state index >= 15 is 0 Å². The molecule has 0 unspecified atom stereocenters. The van der Waals surface area contributed by atoms with Crippen molar-refractivity contribution in [3.63, 3.8) is 0 Å². The first-order chi connectivity index (χ1) is 12.6. The molecule has 0 saturated heterocycles. The highest BCUT2D eigenvalue weighted by Gasteiger charge is 2.12. The Morgan fingerprint density at radius 2 is 2.00 bits per heavy atom. The number of benzene rings is 2. The van der Waals surface area contributed by atoms with Gasteiger partial charge in [-0.2, -0.15) is 0 Å². The van der Waals surface area contributed by atoms with Crippen molar-refractivity contribution in [3.05, 3.63) is 48.0 Å². The van der Waals surface area contributed by atoms with Crippen molar-refractivity contribution in [1.29, 1.82) is 0 Å². The molecule has 3 rings (SSSR count). The van der Waals surface area contributed by atoms with Crippen LogP contribution in [0.3, 0.4) is 0 Å². The molecule has 6 nitrogen and oxygen atoms in total. The molecule has 0 atom stereocenters. The first-order valence-corrected chi connectivity index (χ1v) is 8.31. The van der Waals surface area contributed by atoms with Gasteiger partial charge in [0.25, 0.3) is 0 Å². The number of rotatable bonds is 7. The Kier molecular flexibility index (Phi) is 5.48. The number of ether oxygens (including phenoxy) is 2. The number of hydrogen-bond acceptors (Lipinski definition) is 6. The second-order valence-electron chi connectivity index (χ2n) is 5.82. The third kappa shape index (κ3) is 3.83. The fourth-order valence-corrected chi connectivity index (χ4v) is 2.56. The van der Waals surface area contributed by atoms with Crippen LogP contribution >= 0.6 is 0 Å². The number of hydrogen-bond donors (Lipinski definition) is 2. The van der Waals surface area contributed by atoms with E-state index in [2.05, 4.69) is 15.3 Å². The lowest BCUT2D eigenvalue weighted by atomic mass is 10.2. The van der Waals surface area contributed by atoms with Gasteiger partial charge in [0.2, 0.25) is 0 Å². The zero-order valence-corrected chi connectivity index (χ0v) is 14.8. The molecule has 0 aliphatic carbocycles. The molecule has 1 aromatic heterocycles. The van der Waals surface area contributed by atoms with Gasteiger partial charge < -0.3 is 20.5 Å². The van der Waals surface area contributed by atoms with Crippen molar-refractivity contribution >= 4 is 22.4 Å². The average molecular weight is 356 g/mol. The number of halogens is 1. The van der Waals surface area contributed by atoms with Crippen LogP contribution in [0, 0.1) is 12.7 Å². The highest BCUT2D eigenvalue weighted by molar-refractivity contribution is 5.93. The number of aryl methyl sites for hydroxylation is 1. The molecule has 0 radical (unpaired) electrons. The Morgan fingerprint density at radius 3 is 2.73 bits per heavy atom. The van der Waals surface area contributed by atoms with Crippen molar-refractivity contribution in [1.82, 2.24) is 9.97 Å². The fraction of sp³-hybridized carbons (Fsp3) is 0.263. The SMILES string of the molecule is COc1cc2ncnc(Nc3ccc(F)c(C)c3)c2cc1OCCCN. The molecule has 0 saturated carbocycles. The molecule has 3 N–H and O–H groups in total. The molecule has 7 heteroatoms. The normalized spacial score (nSPS) is 10.8. The van der Waals surface area contributed by atoms with Crippen LogP contribution in [-0.4, -0.2) is 30.2 Å². The van der Waals surface area contributed by atoms with E-state index < -0.39 is 0 Å². The van der Waals surface area contributed by atoms with Gasteiger partial charge in [0.1, 0.15) is 18.0 Å². The van der Waals surface area contributed by atoms with Gasteiger partial charge in [-0.1, -0.05) is 0 Å². The zero-order valence-electron chi connectivity index (χ0n) is 14.8. The molecule has 0 spiro atoms. The molecule has 26 heavy (non-hydrogen) atoms. The smallest absolute Gasteiger partial charge is 0.162 e. The minimum atomic E-state index is -0.247. The van der Waals surface area contributed by atoms with Gasteiger partial charge in [-0.05, 0) is 49.7 Å². The fourth-order valence-electron chi connectivity index (χ4n) is 2.56. The van der Waals surface area contributed by atoms with Crippen LogP contribution in [-0.2, 0) is 0 Å². The molecule has 3 aromatic rings. The van der Waals surface area contributed by atoms with Gasteiger partial charge in [-0.3, -0.25) is 0 Å². The molecule has 136 valence electrons. The highest BCUT2D eigenvalue weighted by Crippen LogP contribution is 2.34. The van der Waals surface area contributed by atoms with E-state index in [1.807, 2.05) is 6.07 Å². The zero-order chi connectivity index (χ0) is 18.5. The summed E-state index contributed by atoms with van der Waals surface area (Å²) in [7, 11) is 1.58. The van der Waals surface area contributed by atoms with Crippen molar-refractivity contribution in [2.45, 2.75) is 13.3 Å². The van der Waals surface area contributed by atoms with E-state index in [1.54, 1.807) is 32.2 Å². The van der Waals surface area contributed by atoms with Gasteiger partial charge in [0.05, 0.1) is 19.2 Å². The molecule has 2 aromatic carbocycles. The Hall–Kier alpha value is -2.93. The van der Waals surface area contributed by atoms with E-state index in [4.69, 9.17) is 15.2 Å². The van der Waals surface area contributed by atoms with Crippen molar-refractivity contribution in [2.75, 3.05) is 25.6 Å². The van der Waals surface area contributed by atoms with E-state index in [0.717, 1.165) is 17.5 Å². The summed E-state index contributed by atoms with van der Waals surface area (Å²) in [6.45, 7) is 2.76. The average Bonchev–Trinajstić information content (AvgIpc) is 2.65. The first kappa shape index (κ1) is 17.9. The maximum atomic E-state index is 13.5. The first-order valence-electron chi connectivity index (χ1n) is 8.31. The molecular formula is C19H21FN4O2. The van der Waals surface area contributed by atoms with Gasteiger partial charge in [-0.15, -0.1) is 0 Å². The molecule has 1 heterocycles. The Morgan fingerprint density at radius 1 is 1.15 bits per heavy atom. The summed E-state index contributed by atoms with van der Waals surface area (Å²) in [5, 5.41) is 3.99. The van der Waals surface area contributed by atoms with Gasteiger partial charge >= 0.3 is 0 Å². The standard InChI is InChI=1S/C19H21FN4O2/c1-12-8-13(4-5-15(12)20)24-19-14-9-18(26-7-3-6-21)17(25-2)10-16(14)22-11-23-19/h4-5,8-11H,3,6-7,21H2,1-2H3,(H,22,23,24). The van der Waals surface area contributed by atoms with Crippen molar-refractivity contribution < 1.29 is 13.9 Å². The maximum absolute atomic E-state index is 13.5. The summed E-state index contributed by atoms with van der Waals surface area (Å²) in [5.74, 6) is 1.55. The quantitative estimate of drug-likeness (QED) is 0.630. The summed E-state index contributed by atoms with van der Waals surface area (Å²) in [6, 6.07) is 8.45. The monoisotopic (exact) mass is 356 g/mol. The number of nitrogens with zero attached hydrogens (tertiary/aromatic N) is 2. The van der Waals surface area contributed by atoms with Crippen molar-refractivity contribution in [3.8, 4) is 11.5 Å². The third-order valence-electron chi connectivity index (χ3n) is 3.95. The molecule has 0 bridgehead atoms. The predicted octanol–water partition coefficient (Wildman–Crippen LogP) is 3.56. The maximum Gasteiger partial charge on any atom is 0.162 e. The van der Waals surface area contributed by atoms with Gasteiger partial charge in [-0.25, -0.2) is 14.4 Å². The van der Waals surface area contributed by atoms with Crippen LogP contribution < -0.4 is 20.5 Å². The molecule has 0 aliphatic rings. The summed E-state index contributed by atoms with van der Waals surface area (Å²) in [6.07, 6.45) is 2.21. The topological polar surface area (TPSA) is 82.3 Å². The van der Waals surface area contributed by atoms with Crippen LogP contribution in [0.25, 0.3) is 10.9 Å². The molecule has 0 fully saturated rings. The number of aromatic nitrogens is 2. The van der Waals surface area contributed by atoms with Crippen molar-refractivity contribution in [2.24, 2.45) is 5.73 Å². The van der Waals surface area contributed by atoms with Gasteiger partial charge in [0.15, 0.2) is 11.5 Å². The van der Waals surface area contributed by atoms with Crippen LogP contribution in [0.2, 0.25) is 0 Å². The summed E-state index contributed by atoms with van der Waals surface area (Å²) in [4.78, 5) is 8.61. The largest absolute Gasteiger partial charge is 0.493 e. The Balaban J connectivity index is 1.99. The van der Waals surface area contributed by atoms with Gasteiger partial charge in [0, 0.05) is 17.1 Å². The summed E-state index contributed by atoms with van der Waals surface area (Å²) in [5.41, 5.74) is 7.53. The number of nitrogens with two attached hydrogens (primary N) is 1. The summed E-state index contributed by atoms with van der Waals surface area (Å²) >= 11 is 0. The van der Waals surface area contributed by atoms with Crippen LogP contribution in [0.4, 0.5) is 15.9 Å². The minimum absolute atomic E-state index is 0.247. The number of nitrogens with one attached hydrogen (secondary N) is 1. The second kappa shape index (κ2) is 7.97. The van der Waals surface area contributed by atoms with E-state index in [0.29, 0.717) is 41.5 Å². The lowest BCUT2D eigenvalue weighted by Gasteiger charge is -2.14. The highest BCUT2D eigenvalue weighted by atomic mass is 19.1. The lowest BCUT2D eigenvalue weighted by Crippen LogP contribution is -2.07. The van der Waals surface area contributed by atoms with E-state index in [1.165, 1.54) is 12.4 Å². The molecule has 0 amide bonds. The van der Waals surface area contributed by atoms with Crippen LogP contribution in [0.15, 0.2) is 36.7 Å². The van der Waals surface area contributed by atoms with Crippen LogP contribution in [0.5, 0.6) is 11.5 Å². The third-order valence-corrected chi connectivity index (χ3v) is 3.95. The Labute approximate surface area is 151 Å². The van der Waals surface area contributed by atoms with Crippen LogP contribution in [0.1, 0.15) is 12.0 Å². The summed E-state index contributed by atoms with van der Waals surface area (Å²) < 4.78 is 24.7. The van der Waals surface area contributed by atoms with E-state index in [-0.39, 0.29) is 5.82 Å².